The third-order valence-electron chi connectivity index (χ3n) is 2.95. The summed E-state index contributed by atoms with van der Waals surface area (Å²) in [5.74, 6) is 0.0671. The molecule has 0 aliphatic rings. The van der Waals surface area contributed by atoms with Crippen molar-refractivity contribution in [2.45, 2.75) is 0 Å². The van der Waals surface area contributed by atoms with Gasteiger partial charge in [0.15, 0.2) is 5.78 Å². The maximum atomic E-state index is 12.5. The van der Waals surface area contributed by atoms with Gasteiger partial charge in [-0.3, -0.25) is 4.79 Å². The van der Waals surface area contributed by atoms with E-state index in [1.807, 2.05) is 48.5 Å². The summed E-state index contributed by atoms with van der Waals surface area (Å²) in [5, 5.41) is 0.974. The van der Waals surface area contributed by atoms with E-state index in [0.29, 0.717) is 0 Å². The Morgan fingerprint density at radius 3 is 2.50 bits per heavy atom. The first-order chi connectivity index (χ1) is 8.77. The fourth-order valence-electron chi connectivity index (χ4n) is 2.05. The van der Waals surface area contributed by atoms with Gasteiger partial charge in [-0.05, 0) is 40.8 Å². The second kappa shape index (κ2) is 4.57. The second-order valence-electron chi connectivity index (χ2n) is 4.06. The van der Waals surface area contributed by atoms with Gasteiger partial charge in [-0.2, -0.15) is 0 Å². The Labute approximate surface area is 118 Å². The number of carbonyl (C=O) groups is 1. The molecule has 1 heterocycles. The minimum Gasteiger partial charge on any atom is -0.360 e. The highest BCUT2D eigenvalue weighted by atomic mass is 127. The van der Waals surface area contributed by atoms with Crippen LogP contribution in [0, 0.1) is 3.57 Å². The molecule has 0 saturated carbocycles. The molecule has 88 valence electrons. The van der Waals surface area contributed by atoms with Gasteiger partial charge in [0, 0.05) is 31.8 Å². The number of rotatable bonds is 2. The summed E-state index contributed by atoms with van der Waals surface area (Å²) < 4.78 is 0.977. The molecule has 0 atom stereocenters. The summed E-state index contributed by atoms with van der Waals surface area (Å²) >= 11 is 2.19. The Morgan fingerprint density at radius 2 is 1.67 bits per heavy atom. The Kier molecular flexibility index (Phi) is 2.91. The van der Waals surface area contributed by atoms with Crippen LogP contribution in [0.1, 0.15) is 15.9 Å². The fourth-order valence-corrected chi connectivity index (χ4v) is 2.68. The SMILES string of the molecule is O=C(c1ccccc1I)c1c[nH]c2ccccc12. The van der Waals surface area contributed by atoms with Crippen molar-refractivity contribution < 1.29 is 4.79 Å². The highest BCUT2D eigenvalue weighted by molar-refractivity contribution is 14.1. The van der Waals surface area contributed by atoms with Crippen LogP contribution < -0.4 is 0 Å². The monoisotopic (exact) mass is 347 g/mol. The minimum absolute atomic E-state index is 0.0671. The summed E-state index contributed by atoms with van der Waals surface area (Å²) in [6, 6.07) is 15.5. The Bertz CT molecular complexity index is 730. The molecular formula is C15H10INO. The van der Waals surface area contributed by atoms with Gasteiger partial charge in [0.1, 0.15) is 0 Å². The summed E-state index contributed by atoms with van der Waals surface area (Å²) in [6.45, 7) is 0. The van der Waals surface area contributed by atoms with E-state index >= 15 is 0 Å². The standard InChI is InChI=1S/C15H10INO/c16-13-7-3-1-6-11(13)15(18)12-9-17-14-8-4-2-5-10(12)14/h1-9,17H. The molecular weight excluding hydrogens is 337 g/mol. The van der Waals surface area contributed by atoms with E-state index in [-0.39, 0.29) is 5.78 Å². The number of hydrogen-bond donors (Lipinski definition) is 1. The van der Waals surface area contributed by atoms with Gasteiger partial charge in [-0.1, -0.05) is 30.3 Å². The third kappa shape index (κ3) is 1.84. The van der Waals surface area contributed by atoms with Gasteiger partial charge in [0.05, 0.1) is 0 Å². The molecule has 0 unspecified atom stereocenters. The van der Waals surface area contributed by atoms with Crippen LogP contribution in [0.3, 0.4) is 0 Å². The van der Waals surface area contributed by atoms with E-state index < -0.39 is 0 Å². The molecule has 18 heavy (non-hydrogen) atoms. The minimum atomic E-state index is 0.0671. The molecule has 2 nitrogen and oxygen atoms in total. The second-order valence-corrected chi connectivity index (χ2v) is 5.22. The first kappa shape index (κ1) is 11.5. The van der Waals surface area contributed by atoms with Crippen molar-refractivity contribution in [2.24, 2.45) is 0 Å². The highest BCUT2D eigenvalue weighted by Gasteiger charge is 2.15. The lowest BCUT2D eigenvalue weighted by Gasteiger charge is -2.02. The van der Waals surface area contributed by atoms with Crippen molar-refractivity contribution in [3.05, 3.63) is 69.4 Å². The van der Waals surface area contributed by atoms with Gasteiger partial charge in [0.2, 0.25) is 0 Å². The maximum Gasteiger partial charge on any atom is 0.196 e. The van der Waals surface area contributed by atoms with E-state index in [9.17, 15) is 4.79 Å². The first-order valence-electron chi connectivity index (χ1n) is 5.63. The summed E-state index contributed by atoms with van der Waals surface area (Å²) in [7, 11) is 0. The number of aromatic amines is 1. The fraction of sp³-hybridized carbons (Fsp3) is 0. The molecule has 0 aliphatic carbocycles. The molecule has 3 rings (SSSR count). The predicted molar refractivity (Wildman–Crippen MR) is 80.9 cm³/mol. The molecule has 3 aromatic rings. The summed E-state index contributed by atoms with van der Waals surface area (Å²) in [4.78, 5) is 15.7. The maximum absolute atomic E-state index is 12.5. The van der Waals surface area contributed by atoms with Gasteiger partial charge < -0.3 is 4.98 Å². The van der Waals surface area contributed by atoms with Crippen molar-refractivity contribution in [2.75, 3.05) is 0 Å². The van der Waals surface area contributed by atoms with Gasteiger partial charge in [-0.15, -0.1) is 0 Å². The molecule has 1 N–H and O–H groups in total. The van der Waals surface area contributed by atoms with E-state index in [0.717, 1.165) is 25.6 Å². The predicted octanol–water partition coefficient (Wildman–Crippen LogP) is 4.00. The molecule has 0 aliphatic heterocycles. The Balaban J connectivity index is 2.16. The van der Waals surface area contributed by atoms with Crippen LogP contribution in [-0.2, 0) is 0 Å². The molecule has 0 radical (unpaired) electrons. The van der Waals surface area contributed by atoms with Crippen LogP contribution in [0.15, 0.2) is 54.7 Å². The number of carbonyl (C=O) groups excluding carboxylic acids is 1. The molecule has 0 fully saturated rings. The smallest absolute Gasteiger partial charge is 0.196 e. The van der Waals surface area contributed by atoms with Gasteiger partial charge in [-0.25, -0.2) is 0 Å². The zero-order valence-electron chi connectivity index (χ0n) is 9.48. The zero-order chi connectivity index (χ0) is 12.5. The number of benzene rings is 2. The number of halogens is 1. The largest absolute Gasteiger partial charge is 0.360 e. The highest BCUT2D eigenvalue weighted by Crippen LogP contribution is 2.22. The Hall–Kier alpha value is -1.62. The van der Waals surface area contributed by atoms with E-state index in [1.54, 1.807) is 6.20 Å². The molecule has 2 aromatic carbocycles. The third-order valence-corrected chi connectivity index (χ3v) is 3.89. The van der Waals surface area contributed by atoms with Crippen molar-refractivity contribution in [3.63, 3.8) is 0 Å². The molecule has 1 aromatic heterocycles. The van der Waals surface area contributed by atoms with Crippen molar-refractivity contribution in [1.82, 2.24) is 4.98 Å². The van der Waals surface area contributed by atoms with Gasteiger partial charge >= 0.3 is 0 Å². The van der Waals surface area contributed by atoms with Crippen molar-refractivity contribution in [1.29, 1.82) is 0 Å². The molecule has 0 bridgehead atoms. The van der Waals surface area contributed by atoms with Crippen LogP contribution in [-0.4, -0.2) is 10.8 Å². The molecule has 0 saturated heterocycles. The average molecular weight is 347 g/mol. The molecule has 0 spiro atoms. The lowest BCUT2D eigenvalue weighted by Crippen LogP contribution is -2.02. The van der Waals surface area contributed by atoms with E-state index in [1.165, 1.54) is 0 Å². The van der Waals surface area contributed by atoms with Crippen LogP contribution >= 0.6 is 22.6 Å². The number of hydrogen-bond acceptors (Lipinski definition) is 1. The van der Waals surface area contributed by atoms with Crippen LogP contribution in [0.5, 0.6) is 0 Å². The molecule has 3 heteroatoms. The quantitative estimate of drug-likeness (QED) is 0.552. The Morgan fingerprint density at radius 1 is 0.944 bits per heavy atom. The van der Waals surface area contributed by atoms with Crippen molar-refractivity contribution >= 4 is 39.3 Å². The first-order valence-corrected chi connectivity index (χ1v) is 6.70. The number of H-pyrrole nitrogens is 1. The number of para-hydroxylation sites is 1. The lowest BCUT2D eigenvalue weighted by atomic mass is 10.0. The summed E-state index contributed by atoms with van der Waals surface area (Å²) in [6.07, 6.45) is 1.79. The lowest BCUT2D eigenvalue weighted by molar-refractivity contribution is 0.103. The van der Waals surface area contributed by atoms with Crippen LogP contribution in [0.4, 0.5) is 0 Å². The van der Waals surface area contributed by atoms with Crippen molar-refractivity contribution in [3.8, 4) is 0 Å². The summed E-state index contributed by atoms with van der Waals surface area (Å²) in [5.41, 5.74) is 2.48. The van der Waals surface area contributed by atoms with E-state index in [4.69, 9.17) is 0 Å². The number of aromatic nitrogens is 1. The average Bonchev–Trinajstić information content (AvgIpc) is 2.82. The van der Waals surface area contributed by atoms with Crippen LogP contribution in [0.25, 0.3) is 10.9 Å². The number of nitrogens with one attached hydrogen (secondary N) is 1. The van der Waals surface area contributed by atoms with Crippen LogP contribution in [0.2, 0.25) is 0 Å². The topological polar surface area (TPSA) is 32.9 Å². The van der Waals surface area contributed by atoms with Gasteiger partial charge in [0.25, 0.3) is 0 Å². The number of fused-ring (bicyclic) bond motifs is 1. The normalized spacial score (nSPS) is 10.7. The zero-order valence-corrected chi connectivity index (χ0v) is 11.6. The van der Waals surface area contributed by atoms with E-state index in [2.05, 4.69) is 27.6 Å². The number of ketones is 1. The molecule has 0 amide bonds.